The summed E-state index contributed by atoms with van der Waals surface area (Å²) < 4.78 is 19.3. The third kappa shape index (κ3) is 2.65. The van der Waals surface area contributed by atoms with Crippen molar-refractivity contribution in [3.63, 3.8) is 0 Å². The first-order chi connectivity index (χ1) is 9.28. The lowest BCUT2D eigenvalue weighted by Gasteiger charge is -2.29. The van der Waals surface area contributed by atoms with Gasteiger partial charge in [-0.3, -0.25) is 4.98 Å². The van der Waals surface area contributed by atoms with Crippen LogP contribution in [-0.4, -0.2) is 23.7 Å². The summed E-state index contributed by atoms with van der Waals surface area (Å²) in [4.78, 5) is 3.99. The molecule has 4 heteroatoms. The molecule has 0 aromatic carbocycles. The first-order valence-electron chi connectivity index (χ1n) is 7.27. The van der Waals surface area contributed by atoms with Gasteiger partial charge in [-0.05, 0) is 43.9 Å². The van der Waals surface area contributed by atoms with Crippen LogP contribution >= 0.6 is 0 Å². The van der Waals surface area contributed by atoms with Crippen LogP contribution in [0.15, 0.2) is 18.5 Å². The van der Waals surface area contributed by atoms with E-state index in [-0.39, 0.29) is 11.9 Å². The minimum Gasteiger partial charge on any atom is -0.375 e. The van der Waals surface area contributed by atoms with Crippen molar-refractivity contribution in [1.82, 2.24) is 10.3 Å². The van der Waals surface area contributed by atoms with Crippen LogP contribution in [0.4, 0.5) is 4.39 Å². The molecule has 104 valence electrons. The Bertz CT molecular complexity index is 440. The standard InChI is InChI=1S/C15H21FN2O/c1-2-5-18-15(10-6-11(16)9-17-8-10)13-7-12-3-4-14(13)19-12/h6,8-9,12-15,18H,2-5,7H2,1H3. The highest BCUT2D eigenvalue weighted by atomic mass is 19.1. The predicted octanol–water partition coefficient (Wildman–Crippen LogP) is 2.83. The fourth-order valence-corrected chi connectivity index (χ4v) is 3.44. The molecule has 0 amide bonds. The van der Waals surface area contributed by atoms with Crippen molar-refractivity contribution >= 4 is 0 Å². The van der Waals surface area contributed by atoms with Crippen molar-refractivity contribution in [2.45, 2.75) is 50.9 Å². The van der Waals surface area contributed by atoms with Crippen molar-refractivity contribution in [2.75, 3.05) is 6.54 Å². The Morgan fingerprint density at radius 2 is 2.37 bits per heavy atom. The van der Waals surface area contributed by atoms with Crippen molar-refractivity contribution in [3.05, 3.63) is 29.8 Å². The summed E-state index contributed by atoms with van der Waals surface area (Å²) >= 11 is 0. The molecule has 2 aliphatic heterocycles. The number of nitrogens with zero attached hydrogens (tertiary/aromatic N) is 1. The molecule has 3 heterocycles. The average molecular weight is 264 g/mol. The fraction of sp³-hybridized carbons (Fsp3) is 0.667. The summed E-state index contributed by atoms with van der Waals surface area (Å²) in [5, 5.41) is 3.55. The molecule has 4 atom stereocenters. The minimum atomic E-state index is -0.259. The molecule has 1 aromatic rings. The van der Waals surface area contributed by atoms with Crippen LogP contribution in [0.5, 0.6) is 0 Å². The molecule has 3 rings (SSSR count). The second-order valence-corrected chi connectivity index (χ2v) is 5.64. The molecule has 3 nitrogen and oxygen atoms in total. The van der Waals surface area contributed by atoms with E-state index in [2.05, 4.69) is 17.2 Å². The SMILES string of the molecule is CCCNC(c1cncc(F)c1)C1CC2CCC1O2. The maximum absolute atomic E-state index is 13.4. The first-order valence-corrected chi connectivity index (χ1v) is 7.27. The molecule has 0 spiro atoms. The molecule has 2 fully saturated rings. The van der Waals surface area contributed by atoms with Crippen molar-refractivity contribution in [3.8, 4) is 0 Å². The summed E-state index contributed by atoms with van der Waals surface area (Å²) in [6.07, 6.45) is 8.28. The summed E-state index contributed by atoms with van der Waals surface area (Å²) in [5.74, 6) is 0.193. The lowest BCUT2D eigenvalue weighted by Crippen LogP contribution is -2.34. The molecule has 2 bridgehead atoms. The van der Waals surface area contributed by atoms with Gasteiger partial charge in [0.25, 0.3) is 0 Å². The largest absolute Gasteiger partial charge is 0.375 e. The predicted molar refractivity (Wildman–Crippen MR) is 71.2 cm³/mol. The molecule has 0 aliphatic carbocycles. The second kappa shape index (κ2) is 5.55. The van der Waals surface area contributed by atoms with Crippen LogP contribution in [-0.2, 0) is 4.74 Å². The van der Waals surface area contributed by atoms with E-state index < -0.39 is 0 Å². The normalized spacial score (nSPS) is 30.7. The maximum atomic E-state index is 13.4. The zero-order valence-corrected chi connectivity index (χ0v) is 11.3. The average Bonchev–Trinajstić information content (AvgIpc) is 3.02. The summed E-state index contributed by atoms with van der Waals surface area (Å²) in [7, 11) is 0. The minimum absolute atomic E-state index is 0.165. The van der Waals surface area contributed by atoms with Crippen LogP contribution in [0.25, 0.3) is 0 Å². The Balaban J connectivity index is 1.81. The summed E-state index contributed by atoms with van der Waals surface area (Å²) in [6, 6.07) is 1.77. The van der Waals surface area contributed by atoms with Gasteiger partial charge in [-0.15, -0.1) is 0 Å². The van der Waals surface area contributed by atoms with Crippen LogP contribution in [0, 0.1) is 11.7 Å². The molecule has 1 aromatic heterocycles. The quantitative estimate of drug-likeness (QED) is 0.888. The van der Waals surface area contributed by atoms with E-state index in [1.165, 1.54) is 12.6 Å². The van der Waals surface area contributed by atoms with E-state index >= 15 is 0 Å². The van der Waals surface area contributed by atoms with Gasteiger partial charge in [0, 0.05) is 18.2 Å². The highest BCUT2D eigenvalue weighted by Crippen LogP contribution is 2.44. The van der Waals surface area contributed by atoms with Gasteiger partial charge in [-0.1, -0.05) is 6.92 Å². The van der Waals surface area contributed by atoms with Gasteiger partial charge < -0.3 is 10.1 Å². The molecule has 2 aliphatic rings. The number of nitrogens with one attached hydrogen (secondary N) is 1. The Morgan fingerprint density at radius 1 is 1.47 bits per heavy atom. The maximum Gasteiger partial charge on any atom is 0.141 e. The van der Waals surface area contributed by atoms with Crippen LogP contribution in [0.1, 0.15) is 44.2 Å². The number of fused-ring (bicyclic) bond motifs is 2. The molecule has 2 saturated heterocycles. The van der Waals surface area contributed by atoms with Crippen molar-refractivity contribution in [2.24, 2.45) is 5.92 Å². The van der Waals surface area contributed by atoms with Crippen molar-refractivity contribution < 1.29 is 9.13 Å². The van der Waals surface area contributed by atoms with Gasteiger partial charge in [0.1, 0.15) is 5.82 Å². The van der Waals surface area contributed by atoms with Gasteiger partial charge in [-0.25, -0.2) is 4.39 Å². The Kier molecular flexibility index (Phi) is 3.80. The lowest BCUT2D eigenvalue weighted by atomic mass is 9.81. The van der Waals surface area contributed by atoms with Gasteiger partial charge in [-0.2, -0.15) is 0 Å². The van der Waals surface area contributed by atoms with E-state index in [0.29, 0.717) is 18.1 Å². The van der Waals surface area contributed by atoms with Gasteiger partial charge in [0.15, 0.2) is 0 Å². The summed E-state index contributed by atoms with van der Waals surface area (Å²) in [6.45, 7) is 3.08. The first kappa shape index (κ1) is 13.0. The number of halogens is 1. The Hall–Kier alpha value is -1.00. The number of hydrogen-bond acceptors (Lipinski definition) is 3. The van der Waals surface area contributed by atoms with Crippen LogP contribution in [0.3, 0.4) is 0 Å². The van der Waals surface area contributed by atoms with E-state index in [9.17, 15) is 4.39 Å². The Morgan fingerprint density at radius 3 is 3.00 bits per heavy atom. The fourth-order valence-electron chi connectivity index (χ4n) is 3.44. The topological polar surface area (TPSA) is 34.2 Å². The van der Waals surface area contributed by atoms with E-state index in [4.69, 9.17) is 4.74 Å². The third-order valence-electron chi connectivity index (χ3n) is 4.28. The monoisotopic (exact) mass is 264 g/mol. The Labute approximate surface area is 113 Å². The number of hydrogen-bond donors (Lipinski definition) is 1. The van der Waals surface area contributed by atoms with Gasteiger partial charge >= 0.3 is 0 Å². The molecule has 1 N–H and O–H groups in total. The number of ether oxygens (including phenoxy) is 1. The third-order valence-corrected chi connectivity index (χ3v) is 4.28. The van der Waals surface area contributed by atoms with E-state index in [1.807, 2.05) is 0 Å². The number of rotatable bonds is 5. The van der Waals surface area contributed by atoms with Crippen LogP contribution < -0.4 is 5.32 Å². The molecule has 0 radical (unpaired) electrons. The molecule has 19 heavy (non-hydrogen) atoms. The molecule has 4 unspecified atom stereocenters. The molecule has 0 saturated carbocycles. The zero-order valence-electron chi connectivity index (χ0n) is 11.3. The summed E-state index contributed by atoms with van der Waals surface area (Å²) in [5.41, 5.74) is 0.953. The van der Waals surface area contributed by atoms with Crippen molar-refractivity contribution in [1.29, 1.82) is 0 Å². The van der Waals surface area contributed by atoms with E-state index in [0.717, 1.165) is 31.4 Å². The van der Waals surface area contributed by atoms with Gasteiger partial charge in [0.05, 0.1) is 18.4 Å². The lowest BCUT2D eigenvalue weighted by molar-refractivity contribution is 0.0856. The van der Waals surface area contributed by atoms with Crippen LogP contribution in [0.2, 0.25) is 0 Å². The van der Waals surface area contributed by atoms with Gasteiger partial charge in [0.2, 0.25) is 0 Å². The van der Waals surface area contributed by atoms with E-state index in [1.54, 1.807) is 12.3 Å². The smallest absolute Gasteiger partial charge is 0.141 e. The molecular formula is C15H21FN2O. The second-order valence-electron chi connectivity index (χ2n) is 5.64. The number of pyridine rings is 1. The molecular weight excluding hydrogens is 243 g/mol. The highest BCUT2D eigenvalue weighted by Gasteiger charge is 2.44. The zero-order chi connectivity index (χ0) is 13.2. The number of aromatic nitrogens is 1. The highest BCUT2D eigenvalue weighted by molar-refractivity contribution is 5.18.